The number of carbonyl (C=O) groups is 2. The Bertz CT molecular complexity index is 1080. The molecule has 1 aliphatic rings. The minimum Gasteiger partial charge on any atom is -0.452 e. The van der Waals surface area contributed by atoms with Gasteiger partial charge in [-0.2, -0.15) is 0 Å². The molecule has 1 unspecified atom stereocenters. The van der Waals surface area contributed by atoms with Crippen molar-refractivity contribution in [3.8, 4) is 5.75 Å². The molecule has 3 aromatic rings. The van der Waals surface area contributed by atoms with E-state index >= 15 is 0 Å². The lowest BCUT2D eigenvalue weighted by Crippen LogP contribution is -2.37. The van der Waals surface area contributed by atoms with Crippen molar-refractivity contribution in [3.05, 3.63) is 113 Å². The summed E-state index contributed by atoms with van der Waals surface area (Å²) in [5.74, 6) is -0.686. The number of carbonyl (C=O) groups excluding carboxylic acids is 2. The summed E-state index contributed by atoms with van der Waals surface area (Å²) >= 11 is 0. The fraction of sp³-hybridized carbons (Fsp3) is 0.0833. The van der Waals surface area contributed by atoms with Gasteiger partial charge < -0.3 is 9.84 Å². The molecule has 1 heterocycles. The van der Waals surface area contributed by atoms with E-state index in [-0.39, 0.29) is 11.3 Å². The van der Waals surface area contributed by atoms with Crippen molar-refractivity contribution in [3.63, 3.8) is 0 Å². The molecule has 0 spiro atoms. The van der Waals surface area contributed by atoms with Gasteiger partial charge >= 0.3 is 0 Å². The number of ether oxygens (including phenoxy) is 1. The van der Waals surface area contributed by atoms with E-state index in [1.54, 1.807) is 84.9 Å². The van der Waals surface area contributed by atoms with Gasteiger partial charge in [0.1, 0.15) is 11.4 Å². The van der Waals surface area contributed by atoms with Crippen molar-refractivity contribution in [2.75, 3.05) is 0 Å². The van der Waals surface area contributed by atoms with Crippen LogP contribution in [0.2, 0.25) is 0 Å². The second-order valence-electron chi connectivity index (χ2n) is 6.76. The molecule has 4 heteroatoms. The molecule has 0 aliphatic carbocycles. The highest BCUT2D eigenvalue weighted by atomic mass is 16.5. The molecule has 4 nitrogen and oxygen atoms in total. The lowest BCUT2D eigenvalue weighted by molar-refractivity contribution is 0.0642. The van der Waals surface area contributed by atoms with E-state index in [1.807, 2.05) is 0 Å². The van der Waals surface area contributed by atoms with Crippen LogP contribution in [0.5, 0.6) is 5.75 Å². The largest absolute Gasteiger partial charge is 0.452 e. The summed E-state index contributed by atoms with van der Waals surface area (Å²) in [6, 6.07) is 24.0. The Labute approximate surface area is 162 Å². The van der Waals surface area contributed by atoms with Crippen LogP contribution < -0.4 is 4.74 Å². The molecule has 0 radical (unpaired) electrons. The van der Waals surface area contributed by atoms with Crippen molar-refractivity contribution >= 4 is 11.6 Å². The van der Waals surface area contributed by atoms with Crippen LogP contribution >= 0.6 is 0 Å². The maximum absolute atomic E-state index is 13.3. The normalized spacial score (nSPS) is 18.2. The van der Waals surface area contributed by atoms with Gasteiger partial charge in [-0.1, -0.05) is 78.9 Å². The van der Waals surface area contributed by atoms with E-state index in [0.29, 0.717) is 22.4 Å². The predicted molar refractivity (Wildman–Crippen MR) is 105 cm³/mol. The summed E-state index contributed by atoms with van der Waals surface area (Å²) < 4.78 is 5.89. The first-order valence-corrected chi connectivity index (χ1v) is 8.94. The quantitative estimate of drug-likeness (QED) is 0.695. The SMILES string of the molecule is CC1(O)C(C(=O)c2ccccc2)=C(C(=O)c2ccccc2)Oc2ccccc21. The highest BCUT2D eigenvalue weighted by molar-refractivity contribution is 6.18. The van der Waals surface area contributed by atoms with Crippen LogP contribution in [0.1, 0.15) is 33.2 Å². The van der Waals surface area contributed by atoms with Gasteiger partial charge in [0.15, 0.2) is 11.5 Å². The predicted octanol–water partition coefficient (Wildman–Crippen LogP) is 4.31. The standard InChI is InChI=1S/C24H18O4/c1-24(27)18-14-8-9-15-19(18)28-23(22(26)17-12-6-3-7-13-17)20(24)21(25)16-10-4-2-5-11-16/h2-15,27H,1H3. The Morgan fingerprint density at radius 2 is 1.25 bits per heavy atom. The van der Waals surface area contributed by atoms with Crippen LogP contribution in [-0.4, -0.2) is 16.7 Å². The number of fused-ring (bicyclic) bond motifs is 1. The lowest BCUT2D eigenvalue weighted by atomic mass is 9.79. The molecule has 1 N–H and O–H groups in total. The van der Waals surface area contributed by atoms with Crippen LogP contribution in [0.25, 0.3) is 0 Å². The van der Waals surface area contributed by atoms with Gasteiger partial charge in [-0.3, -0.25) is 9.59 Å². The monoisotopic (exact) mass is 370 g/mol. The van der Waals surface area contributed by atoms with Gasteiger partial charge in [0.05, 0.1) is 5.57 Å². The number of para-hydroxylation sites is 1. The molecule has 0 amide bonds. The number of benzene rings is 3. The minimum absolute atomic E-state index is 0.0637. The van der Waals surface area contributed by atoms with Gasteiger partial charge in [0.25, 0.3) is 0 Å². The smallest absolute Gasteiger partial charge is 0.228 e. The molecule has 0 saturated heterocycles. The third-order valence-corrected chi connectivity index (χ3v) is 4.84. The van der Waals surface area contributed by atoms with E-state index in [0.717, 1.165) is 0 Å². The van der Waals surface area contributed by atoms with Crippen LogP contribution in [0, 0.1) is 0 Å². The Morgan fingerprint density at radius 3 is 1.86 bits per heavy atom. The molecular formula is C24H18O4. The average Bonchev–Trinajstić information content (AvgIpc) is 2.73. The van der Waals surface area contributed by atoms with Crippen LogP contribution in [0.15, 0.2) is 96.3 Å². The highest BCUT2D eigenvalue weighted by Crippen LogP contribution is 2.43. The summed E-state index contributed by atoms with van der Waals surface area (Å²) in [7, 11) is 0. The van der Waals surface area contributed by atoms with Crippen molar-refractivity contribution < 1.29 is 19.4 Å². The number of hydrogen-bond donors (Lipinski definition) is 1. The fourth-order valence-corrected chi connectivity index (χ4v) is 3.41. The number of rotatable bonds is 4. The summed E-state index contributed by atoms with van der Waals surface area (Å²) in [6.45, 7) is 1.52. The van der Waals surface area contributed by atoms with Gasteiger partial charge in [0, 0.05) is 16.7 Å². The number of Topliss-reactive ketones (excluding diaryl/α,β-unsaturated/α-hetero) is 2. The zero-order valence-electron chi connectivity index (χ0n) is 15.3. The number of allylic oxidation sites excluding steroid dienone is 1. The molecule has 138 valence electrons. The first-order chi connectivity index (χ1) is 13.5. The van der Waals surface area contributed by atoms with Crippen LogP contribution in [0.3, 0.4) is 0 Å². The van der Waals surface area contributed by atoms with Gasteiger partial charge in [-0.05, 0) is 13.0 Å². The second-order valence-corrected chi connectivity index (χ2v) is 6.76. The van der Waals surface area contributed by atoms with E-state index in [4.69, 9.17) is 4.74 Å². The molecule has 1 atom stereocenters. The second kappa shape index (κ2) is 6.91. The molecule has 4 rings (SSSR count). The van der Waals surface area contributed by atoms with E-state index in [9.17, 15) is 14.7 Å². The third kappa shape index (κ3) is 2.94. The van der Waals surface area contributed by atoms with Crippen LogP contribution in [0.4, 0.5) is 0 Å². The number of aliphatic hydroxyl groups is 1. The number of hydrogen-bond acceptors (Lipinski definition) is 4. The lowest BCUT2D eigenvalue weighted by Gasteiger charge is -2.34. The Kier molecular flexibility index (Phi) is 4.41. The van der Waals surface area contributed by atoms with Crippen molar-refractivity contribution in [2.24, 2.45) is 0 Å². The molecule has 0 fully saturated rings. The highest BCUT2D eigenvalue weighted by Gasteiger charge is 2.44. The Hall–Kier alpha value is -3.50. The van der Waals surface area contributed by atoms with Crippen molar-refractivity contribution in [1.82, 2.24) is 0 Å². The maximum Gasteiger partial charge on any atom is 0.228 e. The minimum atomic E-state index is -1.68. The zero-order valence-corrected chi connectivity index (χ0v) is 15.3. The van der Waals surface area contributed by atoms with E-state index < -0.39 is 17.2 Å². The van der Waals surface area contributed by atoms with Crippen LogP contribution in [-0.2, 0) is 5.60 Å². The maximum atomic E-state index is 13.3. The summed E-state index contributed by atoms with van der Waals surface area (Å²) in [5.41, 5.74) is -0.544. The molecule has 28 heavy (non-hydrogen) atoms. The number of ketones is 2. The average molecular weight is 370 g/mol. The van der Waals surface area contributed by atoms with E-state index in [1.165, 1.54) is 6.92 Å². The molecule has 3 aromatic carbocycles. The molecular weight excluding hydrogens is 352 g/mol. The fourth-order valence-electron chi connectivity index (χ4n) is 3.41. The first-order valence-electron chi connectivity index (χ1n) is 8.94. The van der Waals surface area contributed by atoms with Crippen molar-refractivity contribution in [2.45, 2.75) is 12.5 Å². The van der Waals surface area contributed by atoms with Gasteiger partial charge in [-0.15, -0.1) is 0 Å². The summed E-state index contributed by atoms with van der Waals surface area (Å²) in [6.07, 6.45) is 0. The molecule has 0 saturated carbocycles. The molecule has 1 aliphatic heterocycles. The first kappa shape index (κ1) is 17.9. The van der Waals surface area contributed by atoms with Gasteiger partial charge in [-0.25, -0.2) is 0 Å². The Balaban J connectivity index is 1.94. The molecule has 0 bridgehead atoms. The van der Waals surface area contributed by atoms with Gasteiger partial charge in [0.2, 0.25) is 5.78 Å². The third-order valence-electron chi connectivity index (χ3n) is 4.84. The zero-order chi connectivity index (χ0) is 19.7. The summed E-state index contributed by atoms with van der Waals surface area (Å²) in [5, 5.41) is 11.4. The van der Waals surface area contributed by atoms with Crippen molar-refractivity contribution in [1.29, 1.82) is 0 Å². The molecule has 0 aromatic heterocycles. The Morgan fingerprint density at radius 1 is 0.750 bits per heavy atom. The summed E-state index contributed by atoms with van der Waals surface area (Å²) in [4.78, 5) is 26.5. The topological polar surface area (TPSA) is 63.6 Å². The van der Waals surface area contributed by atoms with E-state index in [2.05, 4.69) is 0 Å².